The topological polar surface area (TPSA) is 95.9 Å². The number of hydrogen-bond donors (Lipinski definition) is 2. The summed E-state index contributed by atoms with van der Waals surface area (Å²) in [6, 6.07) is 16.5. The highest BCUT2D eigenvalue weighted by Crippen LogP contribution is 2.44. The van der Waals surface area contributed by atoms with Gasteiger partial charge in [0.1, 0.15) is 6.61 Å². The molecule has 2 N–H and O–H groups in total. The maximum Gasteiger partial charge on any atom is 0.407 e. The minimum atomic E-state index is -0.857. The fourth-order valence-corrected chi connectivity index (χ4v) is 4.85. The number of fused-ring (bicyclic) bond motifs is 3. The molecule has 2 aliphatic rings. The second-order valence-electron chi connectivity index (χ2n) is 9.80. The Hall–Kier alpha value is -3.35. The third-order valence-electron chi connectivity index (χ3n) is 7.05. The van der Waals surface area contributed by atoms with E-state index in [4.69, 9.17) is 9.84 Å². The summed E-state index contributed by atoms with van der Waals surface area (Å²) in [5.41, 5.74) is 3.94. The van der Waals surface area contributed by atoms with Crippen LogP contribution in [0.3, 0.4) is 0 Å². The number of carbonyl (C=O) groups excluding carboxylic acids is 2. The summed E-state index contributed by atoms with van der Waals surface area (Å²) in [7, 11) is 0. The van der Waals surface area contributed by atoms with Crippen LogP contribution in [0.5, 0.6) is 0 Å². The predicted octanol–water partition coefficient (Wildman–Crippen LogP) is 4.26. The van der Waals surface area contributed by atoms with Gasteiger partial charge in [-0.2, -0.15) is 0 Å². The average Bonchev–Trinajstić information content (AvgIpc) is 3.12. The monoisotopic (exact) mass is 464 g/mol. The van der Waals surface area contributed by atoms with Gasteiger partial charge in [-0.05, 0) is 47.9 Å². The summed E-state index contributed by atoms with van der Waals surface area (Å²) in [6.07, 6.45) is 1.40. The molecular formula is C27H32N2O5. The lowest BCUT2D eigenvalue weighted by molar-refractivity contribution is -0.164. The molecule has 1 unspecified atom stereocenters. The zero-order valence-corrected chi connectivity index (χ0v) is 19.8. The van der Waals surface area contributed by atoms with Crippen LogP contribution in [0.2, 0.25) is 0 Å². The lowest BCUT2D eigenvalue weighted by Gasteiger charge is -2.45. The Morgan fingerprint density at radius 3 is 2.24 bits per heavy atom. The van der Waals surface area contributed by atoms with Gasteiger partial charge in [0.25, 0.3) is 0 Å². The van der Waals surface area contributed by atoms with Crippen molar-refractivity contribution in [2.75, 3.05) is 26.2 Å². The first kappa shape index (κ1) is 23.8. The molecule has 0 aromatic heterocycles. The molecule has 1 heterocycles. The molecule has 1 aliphatic heterocycles. The normalized spacial score (nSPS) is 16.7. The highest BCUT2D eigenvalue weighted by Gasteiger charge is 2.47. The second kappa shape index (κ2) is 9.87. The molecule has 34 heavy (non-hydrogen) atoms. The molecule has 2 aromatic carbocycles. The van der Waals surface area contributed by atoms with Crippen molar-refractivity contribution in [1.29, 1.82) is 0 Å². The molecule has 0 spiro atoms. The number of amides is 2. The van der Waals surface area contributed by atoms with E-state index in [0.717, 1.165) is 6.42 Å². The summed E-state index contributed by atoms with van der Waals surface area (Å²) in [5, 5.41) is 12.0. The third kappa shape index (κ3) is 4.93. The lowest BCUT2D eigenvalue weighted by Crippen LogP contribution is -2.60. The maximum absolute atomic E-state index is 12.3. The highest BCUT2D eigenvalue weighted by atomic mass is 16.5. The van der Waals surface area contributed by atoms with E-state index in [1.165, 1.54) is 22.3 Å². The summed E-state index contributed by atoms with van der Waals surface area (Å²) in [5.74, 6) is -0.572. The van der Waals surface area contributed by atoms with Crippen molar-refractivity contribution < 1.29 is 24.2 Å². The number of carbonyl (C=O) groups is 3. The number of rotatable bonds is 9. The summed E-state index contributed by atoms with van der Waals surface area (Å²) < 4.78 is 5.55. The number of hydrogen-bond acceptors (Lipinski definition) is 4. The van der Waals surface area contributed by atoms with Crippen LogP contribution in [0, 0.1) is 11.3 Å². The molecule has 0 bridgehead atoms. The largest absolute Gasteiger partial charge is 0.481 e. The molecule has 7 heteroatoms. The molecule has 2 aromatic rings. The van der Waals surface area contributed by atoms with E-state index in [9.17, 15) is 14.4 Å². The lowest BCUT2D eigenvalue weighted by atomic mass is 9.82. The van der Waals surface area contributed by atoms with E-state index in [0.29, 0.717) is 19.4 Å². The van der Waals surface area contributed by atoms with Crippen LogP contribution in [0.15, 0.2) is 48.5 Å². The van der Waals surface area contributed by atoms with Gasteiger partial charge in [0.2, 0.25) is 5.91 Å². The van der Waals surface area contributed by atoms with Crippen LogP contribution in [0.25, 0.3) is 11.1 Å². The Labute approximate surface area is 200 Å². The quantitative estimate of drug-likeness (QED) is 0.578. The van der Waals surface area contributed by atoms with E-state index >= 15 is 0 Å². The van der Waals surface area contributed by atoms with E-state index < -0.39 is 17.5 Å². The van der Waals surface area contributed by atoms with Crippen molar-refractivity contribution in [2.24, 2.45) is 11.3 Å². The number of benzene rings is 2. The van der Waals surface area contributed by atoms with Crippen molar-refractivity contribution in [2.45, 2.75) is 39.0 Å². The van der Waals surface area contributed by atoms with Gasteiger partial charge in [-0.15, -0.1) is 0 Å². The number of nitrogens with one attached hydrogen (secondary N) is 1. The zero-order valence-electron chi connectivity index (χ0n) is 19.8. The SMILES string of the molecule is CC(CCNC(=O)OCC1c2ccccc2-c2ccccc21)CCC(=O)N1CC(C)(C(=O)O)C1. The second-order valence-corrected chi connectivity index (χ2v) is 9.80. The van der Waals surface area contributed by atoms with Crippen molar-refractivity contribution in [1.82, 2.24) is 10.2 Å². The molecule has 0 radical (unpaired) electrons. The molecular weight excluding hydrogens is 432 g/mol. The molecule has 4 rings (SSSR count). The van der Waals surface area contributed by atoms with Crippen LogP contribution in [0.1, 0.15) is 50.2 Å². The summed E-state index contributed by atoms with van der Waals surface area (Å²) >= 11 is 0. The van der Waals surface area contributed by atoms with E-state index in [-0.39, 0.29) is 37.4 Å². The molecule has 0 saturated carbocycles. The Morgan fingerprint density at radius 1 is 1.06 bits per heavy atom. The van der Waals surface area contributed by atoms with Crippen molar-refractivity contribution in [3.8, 4) is 11.1 Å². The van der Waals surface area contributed by atoms with Crippen molar-refractivity contribution in [3.63, 3.8) is 0 Å². The molecule has 1 fully saturated rings. The van der Waals surface area contributed by atoms with Crippen molar-refractivity contribution in [3.05, 3.63) is 59.7 Å². The van der Waals surface area contributed by atoms with Crippen LogP contribution in [0.4, 0.5) is 4.79 Å². The Morgan fingerprint density at radius 2 is 1.65 bits per heavy atom. The Balaban J connectivity index is 1.16. The fourth-order valence-electron chi connectivity index (χ4n) is 4.85. The van der Waals surface area contributed by atoms with Gasteiger partial charge in [0.15, 0.2) is 0 Å². The minimum Gasteiger partial charge on any atom is -0.481 e. The molecule has 2 amide bonds. The standard InChI is InChI=1S/C27H32N2O5/c1-18(11-12-24(30)29-16-27(2,17-29)25(31)32)13-14-28-26(33)34-15-23-21-9-5-3-7-19(21)20-8-4-6-10-22(20)23/h3-10,18,23H,11-17H2,1-2H3,(H,28,33)(H,31,32). The number of carboxylic acids is 1. The van der Waals surface area contributed by atoms with Gasteiger partial charge in [0.05, 0.1) is 5.41 Å². The van der Waals surface area contributed by atoms with Gasteiger partial charge in [0, 0.05) is 32.0 Å². The number of ether oxygens (including phenoxy) is 1. The van der Waals surface area contributed by atoms with Crippen LogP contribution in [-0.2, 0) is 14.3 Å². The van der Waals surface area contributed by atoms with Gasteiger partial charge in [-0.25, -0.2) is 4.79 Å². The van der Waals surface area contributed by atoms with Crippen LogP contribution in [-0.4, -0.2) is 54.2 Å². The van der Waals surface area contributed by atoms with Crippen LogP contribution < -0.4 is 5.32 Å². The number of likely N-dealkylation sites (tertiary alicyclic amines) is 1. The van der Waals surface area contributed by atoms with Gasteiger partial charge in [-0.1, -0.05) is 55.5 Å². The first-order valence-electron chi connectivity index (χ1n) is 11.9. The van der Waals surface area contributed by atoms with Crippen molar-refractivity contribution >= 4 is 18.0 Å². The van der Waals surface area contributed by atoms with Gasteiger partial charge in [-0.3, -0.25) is 9.59 Å². The third-order valence-corrected chi connectivity index (χ3v) is 7.05. The number of carboxylic acid groups (broad SMARTS) is 1. The summed E-state index contributed by atoms with van der Waals surface area (Å²) in [4.78, 5) is 37.3. The van der Waals surface area contributed by atoms with E-state index in [1.807, 2.05) is 31.2 Å². The molecule has 7 nitrogen and oxygen atoms in total. The number of nitrogens with zero attached hydrogens (tertiary/aromatic N) is 1. The first-order chi connectivity index (χ1) is 16.3. The number of alkyl carbamates (subject to hydrolysis) is 1. The van der Waals surface area contributed by atoms with E-state index in [2.05, 4.69) is 29.6 Å². The van der Waals surface area contributed by atoms with E-state index in [1.54, 1.807) is 11.8 Å². The maximum atomic E-state index is 12.3. The van der Waals surface area contributed by atoms with Gasteiger partial charge < -0.3 is 20.1 Å². The Kier molecular flexibility index (Phi) is 6.91. The first-order valence-corrected chi connectivity index (χ1v) is 11.9. The highest BCUT2D eigenvalue weighted by molar-refractivity contribution is 5.83. The molecule has 1 atom stereocenters. The predicted molar refractivity (Wildman–Crippen MR) is 128 cm³/mol. The van der Waals surface area contributed by atoms with Crippen LogP contribution >= 0.6 is 0 Å². The molecule has 180 valence electrons. The Bertz CT molecular complexity index is 1030. The van der Waals surface area contributed by atoms with Gasteiger partial charge >= 0.3 is 12.1 Å². The minimum absolute atomic E-state index is 0.00456. The zero-order chi connectivity index (χ0) is 24.3. The molecule has 1 saturated heterocycles. The molecule has 1 aliphatic carbocycles. The summed E-state index contributed by atoms with van der Waals surface area (Å²) in [6.45, 7) is 5.03. The fraction of sp³-hybridized carbons (Fsp3) is 0.444. The smallest absolute Gasteiger partial charge is 0.407 e. The number of aliphatic carboxylic acids is 1. The average molecular weight is 465 g/mol.